The fraction of sp³-hybridized carbons (Fsp3) is 0.167. The van der Waals surface area contributed by atoms with Gasteiger partial charge in [-0.05, 0) is 30.7 Å². The van der Waals surface area contributed by atoms with Gasteiger partial charge in [-0.2, -0.15) is 0 Å². The van der Waals surface area contributed by atoms with Crippen LogP contribution in [0.3, 0.4) is 0 Å². The second-order valence-corrected chi connectivity index (χ2v) is 4.73. The van der Waals surface area contributed by atoms with Gasteiger partial charge in [-0.15, -0.1) is 0 Å². The fourth-order valence-electron chi connectivity index (χ4n) is 1.61. The maximum absolute atomic E-state index is 12.0. The van der Waals surface area contributed by atoms with E-state index in [2.05, 4.69) is 21.0 Å². The van der Waals surface area contributed by atoms with Crippen molar-refractivity contribution in [1.29, 1.82) is 0 Å². The molecule has 0 saturated carbocycles. The Hall–Kier alpha value is -1.82. The van der Waals surface area contributed by atoms with Crippen LogP contribution in [0.15, 0.2) is 39.7 Å². The predicted octanol–water partition coefficient (Wildman–Crippen LogP) is 1.95. The number of carboxylic acids is 1. The molecule has 5 nitrogen and oxygen atoms in total. The molecule has 2 rings (SSSR count). The summed E-state index contributed by atoms with van der Waals surface area (Å²) < 4.78 is 2.32. The van der Waals surface area contributed by atoms with Crippen LogP contribution in [0.1, 0.15) is 12.0 Å². The van der Waals surface area contributed by atoms with Crippen LogP contribution in [-0.4, -0.2) is 20.9 Å². The molecule has 94 valence electrons. The molecule has 0 amide bonds. The van der Waals surface area contributed by atoms with Gasteiger partial charge >= 0.3 is 5.97 Å². The van der Waals surface area contributed by atoms with E-state index in [1.807, 2.05) is 12.1 Å². The van der Waals surface area contributed by atoms with Crippen molar-refractivity contribution in [2.45, 2.75) is 12.8 Å². The number of nitrogens with zero attached hydrogens (tertiary/aromatic N) is 1. The highest BCUT2D eigenvalue weighted by molar-refractivity contribution is 9.10. The summed E-state index contributed by atoms with van der Waals surface area (Å²) in [4.78, 5) is 22.5. The quantitative estimate of drug-likeness (QED) is 0.906. The van der Waals surface area contributed by atoms with Crippen molar-refractivity contribution < 1.29 is 9.90 Å². The highest BCUT2D eigenvalue weighted by Gasteiger charge is 2.09. The summed E-state index contributed by atoms with van der Waals surface area (Å²) in [5.74, 6) is -0.911. The molecule has 0 atom stereocenters. The SMILES string of the molecule is O=C(O)CCc1c[nH]n(-c2ccc(Br)cc2)c1=O. The molecule has 6 heteroatoms. The molecule has 0 aliphatic heterocycles. The van der Waals surface area contributed by atoms with Crippen LogP contribution < -0.4 is 5.56 Å². The first kappa shape index (κ1) is 12.6. The zero-order chi connectivity index (χ0) is 13.1. The second-order valence-electron chi connectivity index (χ2n) is 3.81. The Morgan fingerprint density at radius 1 is 1.33 bits per heavy atom. The second kappa shape index (κ2) is 5.22. The first-order chi connectivity index (χ1) is 8.58. The van der Waals surface area contributed by atoms with Gasteiger partial charge in [0.15, 0.2) is 0 Å². The summed E-state index contributed by atoms with van der Waals surface area (Å²) >= 11 is 3.32. The standard InChI is InChI=1S/C12H11BrN2O3/c13-9-2-4-10(5-3-9)15-12(18)8(7-14-15)1-6-11(16)17/h2-5,7,14H,1,6H2,(H,16,17). The average molecular weight is 311 g/mol. The molecule has 0 bridgehead atoms. The van der Waals surface area contributed by atoms with E-state index in [0.717, 1.165) is 4.47 Å². The molecular formula is C12H11BrN2O3. The Labute approximate surface area is 111 Å². The largest absolute Gasteiger partial charge is 0.481 e. The van der Waals surface area contributed by atoms with Crippen molar-refractivity contribution in [2.75, 3.05) is 0 Å². The number of halogens is 1. The monoisotopic (exact) mass is 310 g/mol. The van der Waals surface area contributed by atoms with Gasteiger partial charge < -0.3 is 5.11 Å². The number of hydrogen-bond acceptors (Lipinski definition) is 2. The zero-order valence-corrected chi connectivity index (χ0v) is 11.0. The topological polar surface area (TPSA) is 75.1 Å². The smallest absolute Gasteiger partial charge is 0.303 e. The predicted molar refractivity (Wildman–Crippen MR) is 70.0 cm³/mol. The first-order valence-electron chi connectivity index (χ1n) is 5.35. The van der Waals surface area contributed by atoms with Gasteiger partial charge in [0.2, 0.25) is 0 Å². The van der Waals surface area contributed by atoms with Gasteiger partial charge in [0, 0.05) is 22.7 Å². The average Bonchev–Trinajstić information content (AvgIpc) is 2.69. The van der Waals surface area contributed by atoms with E-state index < -0.39 is 5.97 Å². The van der Waals surface area contributed by atoms with Crippen LogP contribution in [0.25, 0.3) is 5.69 Å². The van der Waals surface area contributed by atoms with Gasteiger partial charge in [0.1, 0.15) is 0 Å². The van der Waals surface area contributed by atoms with Crippen LogP contribution >= 0.6 is 15.9 Å². The summed E-state index contributed by atoms with van der Waals surface area (Å²) in [6.07, 6.45) is 1.73. The lowest BCUT2D eigenvalue weighted by molar-refractivity contribution is -0.136. The molecule has 1 aromatic heterocycles. The van der Waals surface area contributed by atoms with Crippen LogP contribution in [-0.2, 0) is 11.2 Å². The third kappa shape index (κ3) is 2.70. The number of benzene rings is 1. The van der Waals surface area contributed by atoms with E-state index in [1.165, 1.54) is 4.68 Å². The lowest BCUT2D eigenvalue weighted by atomic mass is 10.2. The lowest BCUT2D eigenvalue weighted by Crippen LogP contribution is -2.17. The zero-order valence-electron chi connectivity index (χ0n) is 9.39. The van der Waals surface area contributed by atoms with Crippen molar-refractivity contribution in [3.63, 3.8) is 0 Å². The molecular weight excluding hydrogens is 300 g/mol. The third-order valence-corrected chi connectivity index (χ3v) is 3.07. The maximum Gasteiger partial charge on any atom is 0.303 e. The molecule has 0 aliphatic rings. The molecule has 0 unspecified atom stereocenters. The number of aryl methyl sites for hydroxylation is 1. The minimum atomic E-state index is -0.911. The highest BCUT2D eigenvalue weighted by Crippen LogP contribution is 2.12. The number of nitrogens with one attached hydrogen (secondary N) is 1. The summed E-state index contributed by atoms with van der Waals surface area (Å²) in [6, 6.07) is 7.25. The van der Waals surface area contributed by atoms with Gasteiger partial charge in [-0.3, -0.25) is 14.7 Å². The number of aromatic nitrogens is 2. The Bertz CT molecular complexity index is 613. The Balaban J connectivity index is 2.28. The molecule has 0 fully saturated rings. The molecule has 0 radical (unpaired) electrons. The fourth-order valence-corrected chi connectivity index (χ4v) is 1.87. The van der Waals surface area contributed by atoms with Gasteiger partial charge in [0.25, 0.3) is 5.56 Å². The Kier molecular flexibility index (Phi) is 3.66. The summed E-state index contributed by atoms with van der Waals surface area (Å²) in [6.45, 7) is 0. The normalized spacial score (nSPS) is 10.5. The van der Waals surface area contributed by atoms with E-state index in [1.54, 1.807) is 18.3 Å². The van der Waals surface area contributed by atoms with E-state index in [4.69, 9.17) is 5.11 Å². The number of rotatable bonds is 4. The number of hydrogen-bond donors (Lipinski definition) is 2. The van der Waals surface area contributed by atoms with Crippen molar-refractivity contribution in [3.05, 3.63) is 50.9 Å². The highest BCUT2D eigenvalue weighted by atomic mass is 79.9. The summed E-state index contributed by atoms with van der Waals surface area (Å²) in [5, 5.41) is 11.4. The molecule has 0 saturated heterocycles. The van der Waals surface area contributed by atoms with Crippen LogP contribution in [0, 0.1) is 0 Å². The molecule has 0 aliphatic carbocycles. The lowest BCUT2D eigenvalue weighted by Gasteiger charge is -2.00. The van der Waals surface area contributed by atoms with Gasteiger partial charge in [-0.1, -0.05) is 15.9 Å². The number of aliphatic carboxylic acids is 1. The molecule has 1 heterocycles. The third-order valence-electron chi connectivity index (χ3n) is 2.54. The summed E-state index contributed by atoms with van der Waals surface area (Å²) in [7, 11) is 0. The van der Waals surface area contributed by atoms with Crippen LogP contribution in [0.2, 0.25) is 0 Å². The Morgan fingerprint density at radius 2 is 2.00 bits per heavy atom. The van der Waals surface area contributed by atoms with E-state index >= 15 is 0 Å². The molecule has 1 aromatic carbocycles. The van der Waals surface area contributed by atoms with E-state index in [9.17, 15) is 9.59 Å². The van der Waals surface area contributed by atoms with Gasteiger partial charge in [-0.25, -0.2) is 4.68 Å². The van der Waals surface area contributed by atoms with Crippen LogP contribution in [0.5, 0.6) is 0 Å². The minimum Gasteiger partial charge on any atom is -0.481 e. The number of carbonyl (C=O) groups is 1. The number of H-pyrrole nitrogens is 1. The minimum absolute atomic E-state index is 0.0482. The summed E-state index contributed by atoms with van der Waals surface area (Å²) in [5.41, 5.74) is 0.976. The van der Waals surface area contributed by atoms with E-state index in [-0.39, 0.29) is 18.4 Å². The van der Waals surface area contributed by atoms with Crippen LogP contribution in [0.4, 0.5) is 0 Å². The maximum atomic E-state index is 12.0. The Morgan fingerprint density at radius 3 is 2.61 bits per heavy atom. The number of aromatic amines is 1. The van der Waals surface area contributed by atoms with Crippen molar-refractivity contribution in [1.82, 2.24) is 9.78 Å². The molecule has 2 aromatic rings. The van der Waals surface area contributed by atoms with Crippen molar-refractivity contribution >= 4 is 21.9 Å². The number of carboxylic acid groups (broad SMARTS) is 1. The van der Waals surface area contributed by atoms with Crippen molar-refractivity contribution in [2.24, 2.45) is 0 Å². The first-order valence-corrected chi connectivity index (χ1v) is 6.14. The van der Waals surface area contributed by atoms with Crippen molar-refractivity contribution in [3.8, 4) is 5.69 Å². The molecule has 2 N–H and O–H groups in total. The van der Waals surface area contributed by atoms with Gasteiger partial charge in [0.05, 0.1) is 5.69 Å². The molecule has 0 spiro atoms. The van der Waals surface area contributed by atoms with E-state index in [0.29, 0.717) is 11.3 Å². The molecule has 18 heavy (non-hydrogen) atoms.